The number of aromatic nitrogens is 2. The molecule has 24 heavy (non-hydrogen) atoms. The molecule has 0 saturated carbocycles. The normalized spacial score (nSPS) is 13.8. The molecule has 0 aliphatic carbocycles. The maximum atomic E-state index is 12.3. The van der Waals surface area contributed by atoms with Crippen LogP contribution in [-0.2, 0) is 4.79 Å². The molecule has 1 aliphatic heterocycles. The molecular formula is C15H17N3O3S3. The smallest absolute Gasteiger partial charge is 0.237 e. The van der Waals surface area contributed by atoms with Gasteiger partial charge in [-0.05, 0) is 25.5 Å². The van der Waals surface area contributed by atoms with Crippen molar-refractivity contribution in [1.82, 2.24) is 10.2 Å². The number of hydrogen-bond acceptors (Lipinski definition) is 8. The van der Waals surface area contributed by atoms with Gasteiger partial charge in [0.05, 0.1) is 5.25 Å². The number of fused-ring (bicyclic) bond motifs is 1. The number of nitrogens with zero attached hydrogens (tertiary/aromatic N) is 2. The van der Waals surface area contributed by atoms with E-state index in [0.717, 1.165) is 20.9 Å². The van der Waals surface area contributed by atoms with Gasteiger partial charge in [0, 0.05) is 17.5 Å². The van der Waals surface area contributed by atoms with Gasteiger partial charge in [0.25, 0.3) is 0 Å². The van der Waals surface area contributed by atoms with Gasteiger partial charge < -0.3 is 14.8 Å². The number of carbonyl (C=O) groups excluding carboxylic acids is 1. The first-order valence-corrected chi connectivity index (χ1v) is 10.2. The largest absolute Gasteiger partial charge is 0.454 e. The molecule has 0 saturated heterocycles. The van der Waals surface area contributed by atoms with Crippen LogP contribution in [0, 0.1) is 0 Å². The highest BCUT2D eigenvalue weighted by Crippen LogP contribution is 2.35. The maximum Gasteiger partial charge on any atom is 0.237 e. The van der Waals surface area contributed by atoms with Crippen molar-refractivity contribution < 1.29 is 14.3 Å². The summed E-state index contributed by atoms with van der Waals surface area (Å²) in [6, 6.07) is 5.35. The van der Waals surface area contributed by atoms with E-state index < -0.39 is 0 Å². The summed E-state index contributed by atoms with van der Waals surface area (Å²) in [4.78, 5) is 12.3. The molecule has 0 unspecified atom stereocenters. The zero-order valence-corrected chi connectivity index (χ0v) is 15.7. The number of anilines is 1. The van der Waals surface area contributed by atoms with Gasteiger partial charge in [0.2, 0.25) is 12.7 Å². The van der Waals surface area contributed by atoms with E-state index in [2.05, 4.69) is 22.4 Å². The van der Waals surface area contributed by atoms with Crippen LogP contribution < -0.4 is 14.8 Å². The summed E-state index contributed by atoms with van der Waals surface area (Å²) >= 11 is 4.64. The molecule has 1 amide bonds. The molecule has 9 heteroatoms. The molecule has 0 fully saturated rings. The highest BCUT2D eigenvalue weighted by atomic mass is 32.2. The average Bonchev–Trinajstić information content (AvgIpc) is 3.21. The molecule has 1 aliphatic rings. The molecule has 1 aromatic carbocycles. The van der Waals surface area contributed by atoms with Gasteiger partial charge in [-0.3, -0.25) is 4.79 Å². The molecule has 0 bridgehead atoms. The molecule has 1 aromatic heterocycles. The van der Waals surface area contributed by atoms with E-state index in [1.54, 1.807) is 30.0 Å². The minimum atomic E-state index is -0.271. The molecule has 1 N–H and O–H groups in total. The van der Waals surface area contributed by atoms with Crippen LogP contribution in [0.15, 0.2) is 26.9 Å². The lowest BCUT2D eigenvalue weighted by molar-refractivity contribution is -0.115. The van der Waals surface area contributed by atoms with Crippen LogP contribution in [0.3, 0.4) is 0 Å². The Balaban J connectivity index is 1.55. The molecule has 0 radical (unpaired) electrons. The molecule has 128 valence electrons. The Labute approximate surface area is 152 Å². The quantitative estimate of drug-likeness (QED) is 0.727. The zero-order chi connectivity index (χ0) is 16.9. The standard InChI is InChI=1S/C15H17N3O3S3/c1-3-6-22-14-17-18-15(24-14)23-9(2)13(19)16-10-4-5-11-12(7-10)21-8-20-11/h4-5,7,9H,3,6,8H2,1-2H3,(H,16,19)/t9-/m0/s1. The SMILES string of the molecule is CCCSc1nnc(S[C@@H](C)C(=O)Nc2ccc3c(c2)OCO3)s1. The first-order chi connectivity index (χ1) is 11.7. The van der Waals surface area contributed by atoms with Crippen LogP contribution >= 0.6 is 34.9 Å². The predicted molar refractivity (Wildman–Crippen MR) is 97.4 cm³/mol. The van der Waals surface area contributed by atoms with E-state index in [4.69, 9.17) is 9.47 Å². The Morgan fingerprint density at radius 1 is 1.33 bits per heavy atom. The molecule has 2 aromatic rings. The molecule has 2 heterocycles. The van der Waals surface area contributed by atoms with E-state index in [0.29, 0.717) is 17.2 Å². The molecule has 6 nitrogen and oxygen atoms in total. The monoisotopic (exact) mass is 383 g/mol. The number of nitrogens with one attached hydrogen (secondary N) is 1. The number of benzene rings is 1. The van der Waals surface area contributed by atoms with Gasteiger partial charge in [-0.25, -0.2) is 0 Å². The van der Waals surface area contributed by atoms with Gasteiger partial charge in [0.1, 0.15) is 0 Å². The first-order valence-electron chi connectivity index (χ1n) is 7.49. The van der Waals surface area contributed by atoms with Gasteiger partial charge >= 0.3 is 0 Å². The fraction of sp³-hybridized carbons (Fsp3) is 0.400. The molecule has 0 spiro atoms. The second kappa shape index (κ2) is 8.09. The van der Waals surface area contributed by atoms with E-state index in [1.165, 1.54) is 23.1 Å². The van der Waals surface area contributed by atoms with Crippen molar-refractivity contribution >= 4 is 46.5 Å². The van der Waals surface area contributed by atoms with Crippen molar-refractivity contribution in [2.75, 3.05) is 17.9 Å². The Morgan fingerprint density at radius 3 is 2.96 bits per heavy atom. The highest BCUT2D eigenvalue weighted by Gasteiger charge is 2.19. The van der Waals surface area contributed by atoms with Crippen molar-refractivity contribution in [1.29, 1.82) is 0 Å². The molecule has 3 rings (SSSR count). The predicted octanol–water partition coefficient (Wildman–Crippen LogP) is 3.89. The lowest BCUT2D eigenvalue weighted by Gasteiger charge is -2.10. The van der Waals surface area contributed by atoms with E-state index in [-0.39, 0.29) is 18.0 Å². The van der Waals surface area contributed by atoms with Crippen molar-refractivity contribution in [2.24, 2.45) is 0 Å². The summed E-state index contributed by atoms with van der Waals surface area (Å²) in [5.74, 6) is 2.28. The van der Waals surface area contributed by atoms with Crippen molar-refractivity contribution in [3.8, 4) is 11.5 Å². The number of amides is 1. The van der Waals surface area contributed by atoms with Crippen LogP contribution in [-0.4, -0.2) is 33.9 Å². The number of rotatable bonds is 7. The molecule has 1 atom stereocenters. The summed E-state index contributed by atoms with van der Waals surface area (Å²) in [5.41, 5.74) is 0.688. The number of hydrogen-bond donors (Lipinski definition) is 1. The Hall–Kier alpha value is -1.45. The summed E-state index contributed by atoms with van der Waals surface area (Å²) in [6.45, 7) is 4.20. The van der Waals surface area contributed by atoms with Crippen LogP contribution in [0.5, 0.6) is 11.5 Å². The summed E-state index contributed by atoms with van der Waals surface area (Å²) in [6.07, 6.45) is 1.10. The molecular weight excluding hydrogens is 366 g/mol. The first kappa shape index (κ1) is 17.4. The van der Waals surface area contributed by atoms with Crippen LogP contribution in [0.1, 0.15) is 20.3 Å². The van der Waals surface area contributed by atoms with Crippen molar-refractivity contribution in [3.05, 3.63) is 18.2 Å². The summed E-state index contributed by atoms with van der Waals surface area (Å²) in [5, 5.41) is 10.9. The van der Waals surface area contributed by atoms with Crippen molar-refractivity contribution in [2.45, 2.75) is 34.2 Å². The van der Waals surface area contributed by atoms with Gasteiger partial charge in [-0.1, -0.05) is 41.8 Å². The van der Waals surface area contributed by atoms with Crippen LogP contribution in [0.4, 0.5) is 5.69 Å². The third-order valence-electron chi connectivity index (χ3n) is 3.10. The summed E-state index contributed by atoms with van der Waals surface area (Å²) in [7, 11) is 0. The second-order valence-corrected chi connectivity index (χ2v) is 8.91. The second-order valence-electron chi connectivity index (χ2n) is 5.00. The van der Waals surface area contributed by atoms with Gasteiger partial charge in [-0.15, -0.1) is 10.2 Å². The Morgan fingerprint density at radius 2 is 2.12 bits per heavy atom. The van der Waals surface area contributed by atoms with Crippen molar-refractivity contribution in [3.63, 3.8) is 0 Å². The fourth-order valence-electron chi connectivity index (χ4n) is 1.92. The van der Waals surface area contributed by atoms with E-state index in [1.807, 2.05) is 6.92 Å². The number of thioether (sulfide) groups is 2. The topological polar surface area (TPSA) is 73.3 Å². The lowest BCUT2D eigenvalue weighted by atomic mass is 10.2. The Kier molecular flexibility index (Phi) is 5.85. The third-order valence-corrected chi connectivity index (χ3v) is 6.55. The van der Waals surface area contributed by atoms with Crippen LogP contribution in [0.25, 0.3) is 0 Å². The highest BCUT2D eigenvalue weighted by molar-refractivity contribution is 8.03. The zero-order valence-electron chi connectivity index (χ0n) is 13.3. The van der Waals surface area contributed by atoms with E-state index >= 15 is 0 Å². The number of carbonyl (C=O) groups is 1. The van der Waals surface area contributed by atoms with Gasteiger partial charge in [-0.2, -0.15) is 0 Å². The maximum absolute atomic E-state index is 12.3. The minimum absolute atomic E-state index is 0.0863. The fourth-order valence-corrected chi connectivity index (χ4v) is 5.00. The minimum Gasteiger partial charge on any atom is -0.454 e. The third kappa shape index (κ3) is 4.34. The van der Waals surface area contributed by atoms with Gasteiger partial charge in [0.15, 0.2) is 20.2 Å². The average molecular weight is 384 g/mol. The number of ether oxygens (including phenoxy) is 2. The van der Waals surface area contributed by atoms with E-state index in [9.17, 15) is 4.79 Å². The summed E-state index contributed by atoms with van der Waals surface area (Å²) < 4.78 is 12.3. The van der Waals surface area contributed by atoms with Crippen LogP contribution in [0.2, 0.25) is 0 Å². The lowest BCUT2D eigenvalue weighted by Crippen LogP contribution is -2.22. The Bertz CT molecular complexity index is 723.